The summed E-state index contributed by atoms with van der Waals surface area (Å²) < 4.78 is 13.6. The van der Waals surface area contributed by atoms with Gasteiger partial charge in [-0.2, -0.15) is 0 Å². The second kappa shape index (κ2) is 6.99. The van der Waals surface area contributed by atoms with E-state index in [4.69, 9.17) is 14.5 Å². The summed E-state index contributed by atoms with van der Waals surface area (Å²) in [6, 6.07) is 0. The number of hydrogen-bond acceptors (Lipinski definition) is 9. The molecule has 10 nitrogen and oxygen atoms in total. The minimum absolute atomic E-state index is 0.648. The number of ether oxygens (including phenoxy) is 1. The zero-order valence-corrected chi connectivity index (χ0v) is 13.1. The molecule has 0 saturated carbocycles. The van der Waals surface area contributed by atoms with Crippen LogP contribution in [0.3, 0.4) is 0 Å². The van der Waals surface area contributed by atoms with Gasteiger partial charge in [0, 0.05) is 0 Å². The van der Waals surface area contributed by atoms with E-state index in [0.717, 1.165) is 0 Å². The first-order valence-corrected chi connectivity index (χ1v) is 10.3. The minimum atomic E-state index is -4.25. The Morgan fingerprint density at radius 2 is 1.50 bits per heavy atom. The van der Waals surface area contributed by atoms with Gasteiger partial charge in [0.25, 0.3) is 0 Å². The predicted molar refractivity (Wildman–Crippen MR) is 71.2 cm³/mol. The van der Waals surface area contributed by atoms with Gasteiger partial charge in [-0.3, -0.25) is 0 Å². The third-order valence-electron chi connectivity index (χ3n) is 2.30. The zero-order chi connectivity index (χ0) is 15.7. The summed E-state index contributed by atoms with van der Waals surface area (Å²) in [5.74, 6) is 0. The fourth-order valence-electron chi connectivity index (χ4n) is 1.39. The van der Waals surface area contributed by atoms with E-state index in [1.165, 1.54) is 0 Å². The van der Waals surface area contributed by atoms with E-state index in [-0.39, 0.29) is 0 Å². The van der Waals surface area contributed by atoms with Crippen molar-refractivity contribution in [3.63, 3.8) is 0 Å². The van der Waals surface area contributed by atoms with E-state index >= 15 is 0 Å². The fourth-order valence-corrected chi connectivity index (χ4v) is 5.21. The van der Waals surface area contributed by atoms with Crippen molar-refractivity contribution in [1.29, 1.82) is 0 Å². The lowest BCUT2D eigenvalue weighted by Crippen LogP contribution is -2.58. The summed E-state index contributed by atoms with van der Waals surface area (Å²) in [7, 11) is 0. The summed E-state index contributed by atoms with van der Waals surface area (Å²) in [5.41, 5.74) is 0. The lowest BCUT2D eigenvalue weighted by molar-refractivity contribution is -0.285. The molecule has 7 N–H and O–H groups in total. The molecule has 1 aliphatic rings. The number of rotatable bonds is 5. The Morgan fingerprint density at radius 3 is 2.00 bits per heavy atom. The maximum Gasteiger partial charge on any atom is 0.331 e. The molecule has 0 aliphatic carbocycles. The van der Waals surface area contributed by atoms with Crippen LogP contribution in [0.25, 0.3) is 0 Å². The maximum absolute atomic E-state index is 9.57. The summed E-state index contributed by atoms with van der Waals surface area (Å²) in [6.07, 6.45) is -8.16. The SMILES string of the molecule is OC1O[C@H](COP(O)(=S)OP(O)(O)=S)[C@@H](O)[C@H](O)[C@@H]1O. The molecule has 0 amide bonds. The third-order valence-corrected chi connectivity index (χ3v) is 5.97. The maximum atomic E-state index is 9.57. The van der Waals surface area contributed by atoms with Gasteiger partial charge in [0.05, 0.1) is 6.61 Å². The highest BCUT2D eigenvalue weighted by Crippen LogP contribution is 2.58. The Labute approximate surface area is 123 Å². The lowest BCUT2D eigenvalue weighted by atomic mass is 10.00. The lowest BCUT2D eigenvalue weighted by Gasteiger charge is -2.38. The molecular weight excluding hydrogens is 358 g/mol. The summed E-state index contributed by atoms with van der Waals surface area (Å²) in [4.78, 5) is 27.2. The molecule has 0 bridgehead atoms. The van der Waals surface area contributed by atoms with Gasteiger partial charge in [-0.15, -0.1) is 0 Å². The molecule has 1 fully saturated rings. The molecule has 1 aliphatic heterocycles. The number of aliphatic hydroxyl groups excluding tert-OH is 4. The monoisotopic (exact) mass is 372 g/mol. The Morgan fingerprint density at radius 1 is 0.950 bits per heavy atom. The van der Waals surface area contributed by atoms with Crippen LogP contribution in [0.1, 0.15) is 0 Å². The van der Waals surface area contributed by atoms with E-state index in [1.54, 1.807) is 0 Å². The molecule has 0 spiro atoms. The van der Waals surface area contributed by atoms with Crippen LogP contribution < -0.4 is 0 Å². The highest BCUT2D eigenvalue weighted by Gasteiger charge is 2.43. The van der Waals surface area contributed by atoms with Crippen molar-refractivity contribution in [1.82, 2.24) is 0 Å². The molecule has 120 valence electrons. The summed E-state index contributed by atoms with van der Waals surface area (Å²) in [5, 5.41) is 37.5. The van der Waals surface area contributed by atoms with Crippen LogP contribution >= 0.6 is 13.4 Å². The Hall–Kier alpha value is 0.900. The van der Waals surface area contributed by atoms with E-state index in [9.17, 15) is 25.3 Å². The van der Waals surface area contributed by atoms with Crippen LogP contribution in [0.15, 0.2) is 0 Å². The fraction of sp³-hybridized carbons (Fsp3) is 1.00. The minimum Gasteiger partial charge on any atom is -0.387 e. The number of hydrogen-bond donors (Lipinski definition) is 7. The molecule has 1 heterocycles. The van der Waals surface area contributed by atoms with Gasteiger partial charge in [0.1, 0.15) is 24.4 Å². The van der Waals surface area contributed by atoms with Crippen molar-refractivity contribution in [3.05, 3.63) is 0 Å². The quantitative estimate of drug-likeness (QED) is 0.249. The first-order chi connectivity index (χ1) is 8.93. The summed E-state index contributed by atoms with van der Waals surface area (Å²) in [6.45, 7) is -8.99. The van der Waals surface area contributed by atoms with E-state index in [0.29, 0.717) is 0 Å². The van der Waals surface area contributed by atoms with E-state index in [1.807, 2.05) is 0 Å². The van der Waals surface area contributed by atoms with Crippen molar-refractivity contribution < 1.29 is 48.7 Å². The molecule has 6 atom stereocenters. The van der Waals surface area contributed by atoms with Crippen molar-refractivity contribution in [2.45, 2.75) is 30.7 Å². The molecule has 14 heteroatoms. The van der Waals surface area contributed by atoms with Crippen LogP contribution in [0.5, 0.6) is 0 Å². The Balaban J connectivity index is 2.61. The summed E-state index contributed by atoms with van der Waals surface area (Å²) >= 11 is 8.54. The zero-order valence-electron chi connectivity index (χ0n) is 9.66. The van der Waals surface area contributed by atoms with Gasteiger partial charge < -0.3 is 44.4 Å². The molecule has 20 heavy (non-hydrogen) atoms. The molecule has 0 aromatic rings. The molecule has 1 saturated heterocycles. The van der Waals surface area contributed by atoms with E-state index in [2.05, 4.69) is 32.4 Å². The van der Waals surface area contributed by atoms with Crippen LogP contribution in [0.4, 0.5) is 0 Å². The van der Waals surface area contributed by atoms with Gasteiger partial charge in [-0.25, -0.2) is 4.31 Å². The molecular formula is C6H14O10P2S2. The Bertz CT molecular complexity index is 428. The second-order valence-corrected chi connectivity index (χ2v) is 9.51. The van der Waals surface area contributed by atoms with Gasteiger partial charge in [0.2, 0.25) is 0 Å². The topological polar surface area (TPSA) is 169 Å². The standard InChI is InChI=1S/C6H14O10P2S2/c7-3-2(15-6(10)5(9)4(3)8)1-14-18(13,20)16-17(11,12)19/h2-10H,1H2,(H,13,20)(H2,11,12,19)/t2-,3-,4+,5+,6?,18?/m1/s1. The smallest absolute Gasteiger partial charge is 0.331 e. The highest BCUT2D eigenvalue weighted by atomic mass is 32.5. The molecule has 0 aromatic heterocycles. The average molecular weight is 372 g/mol. The number of aliphatic hydroxyl groups is 4. The largest absolute Gasteiger partial charge is 0.387 e. The normalized spacial score (nSPS) is 38.5. The van der Waals surface area contributed by atoms with Crippen LogP contribution in [0, 0.1) is 0 Å². The van der Waals surface area contributed by atoms with Gasteiger partial charge in [0.15, 0.2) is 6.29 Å². The van der Waals surface area contributed by atoms with Crippen LogP contribution in [-0.2, 0) is 37.2 Å². The first-order valence-electron chi connectivity index (χ1n) is 5.05. The highest BCUT2D eigenvalue weighted by molar-refractivity contribution is 8.14. The second-order valence-electron chi connectivity index (χ2n) is 3.87. The third kappa shape index (κ3) is 5.59. The van der Waals surface area contributed by atoms with E-state index < -0.39 is 50.7 Å². The molecule has 1 rings (SSSR count). The van der Waals surface area contributed by atoms with Gasteiger partial charge in [-0.05, 0) is 23.6 Å². The van der Waals surface area contributed by atoms with Crippen molar-refractivity contribution >= 4 is 37.1 Å². The molecule has 0 radical (unpaired) electrons. The van der Waals surface area contributed by atoms with Crippen LogP contribution in [0.2, 0.25) is 0 Å². The van der Waals surface area contributed by atoms with Crippen molar-refractivity contribution in [2.24, 2.45) is 0 Å². The van der Waals surface area contributed by atoms with Crippen molar-refractivity contribution in [3.8, 4) is 0 Å². The molecule has 2 unspecified atom stereocenters. The molecule has 0 aromatic carbocycles. The predicted octanol–water partition coefficient (Wildman–Crippen LogP) is -2.75. The van der Waals surface area contributed by atoms with Gasteiger partial charge in [-0.1, -0.05) is 0 Å². The average Bonchev–Trinajstić information content (AvgIpc) is 2.26. The van der Waals surface area contributed by atoms with Crippen molar-refractivity contribution in [2.75, 3.05) is 6.61 Å². The van der Waals surface area contributed by atoms with Crippen LogP contribution in [-0.4, -0.2) is 72.4 Å². The Kier molecular flexibility index (Phi) is 6.62. The first kappa shape index (κ1) is 18.9. The van der Waals surface area contributed by atoms with Gasteiger partial charge >= 0.3 is 13.4 Å².